The van der Waals surface area contributed by atoms with Crippen molar-refractivity contribution < 1.29 is 13.2 Å². The lowest BCUT2D eigenvalue weighted by Crippen LogP contribution is -2.09. The Hall–Kier alpha value is -2.08. The van der Waals surface area contributed by atoms with E-state index in [2.05, 4.69) is 10.1 Å². The number of fused-ring (bicyclic) bond motifs is 1. The molecule has 0 atom stereocenters. The highest BCUT2D eigenvalue weighted by atomic mass is 35.5. The molecule has 0 radical (unpaired) electrons. The molecule has 0 N–H and O–H groups in total. The van der Waals surface area contributed by atoms with Gasteiger partial charge in [0.1, 0.15) is 0 Å². The van der Waals surface area contributed by atoms with Gasteiger partial charge in [0, 0.05) is 12.6 Å². The zero-order chi connectivity index (χ0) is 15.0. The lowest BCUT2D eigenvalue weighted by molar-refractivity contribution is -0.138. The third kappa shape index (κ3) is 2.85. The van der Waals surface area contributed by atoms with E-state index < -0.39 is 11.7 Å². The van der Waals surface area contributed by atoms with E-state index in [4.69, 9.17) is 11.6 Å². The van der Waals surface area contributed by atoms with E-state index in [0.29, 0.717) is 16.5 Å². The summed E-state index contributed by atoms with van der Waals surface area (Å²) >= 11 is 5.84. The van der Waals surface area contributed by atoms with Gasteiger partial charge in [0.15, 0.2) is 11.5 Å². The second kappa shape index (κ2) is 5.04. The van der Waals surface area contributed by atoms with E-state index in [1.54, 1.807) is 24.4 Å². The fourth-order valence-corrected chi connectivity index (χ4v) is 2.26. The third-order valence-corrected chi connectivity index (χ3v) is 3.23. The van der Waals surface area contributed by atoms with E-state index >= 15 is 0 Å². The molecule has 0 saturated carbocycles. The number of aromatic nitrogens is 3. The van der Waals surface area contributed by atoms with Crippen LogP contribution in [0, 0.1) is 0 Å². The summed E-state index contributed by atoms with van der Waals surface area (Å²) in [6.07, 6.45) is -2.82. The molecular formula is C14H9ClF3N3. The minimum atomic E-state index is -4.39. The Morgan fingerprint density at radius 3 is 2.62 bits per heavy atom. The number of rotatable bonds is 2. The number of benzene rings is 1. The van der Waals surface area contributed by atoms with Crippen LogP contribution in [-0.2, 0) is 12.6 Å². The highest BCUT2D eigenvalue weighted by molar-refractivity contribution is 6.30. The number of hydrogen-bond donors (Lipinski definition) is 0. The largest absolute Gasteiger partial charge is 0.416 e. The lowest BCUT2D eigenvalue weighted by atomic mass is 10.0. The first-order valence-electron chi connectivity index (χ1n) is 6.09. The van der Waals surface area contributed by atoms with E-state index in [1.165, 1.54) is 16.6 Å². The molecule has 0 amide bonds. The van der Waals surface area contributed by atoms with Gasteiger partial charge < -0.3 is 0 Å². The Morgan fingerprint density at radius 1 is 1.10 bits per heavy atom. The lowest BCUT2D eigenvalue weighted by Gasteiger charge is -2.11. The molecule has 0 spiro atoms. The Balaban J connectivity index is 1.99. The standard InChI is InChI=1S/C14H9ClF3N3/c15-10-5-6-13-19-12(20-21(13)8-10)7-9-3-1-2-4-11(9)14(16,17)18/h1-6,8H,7H2. The molecule has 3 nitrogen and oxygen atoms in total. The molecule has 108 valence electrons. The molecule has 3 rings (SSSR count). The molecule has 0 saturated heterocycles. The molecule has 0 aliphatic heterocycles. The molecule has 2 aromatic heterocycles. The van der Waals surface area contributed by atoms with Crippen LogP contribution in [0.5, 0.6) is 0 Å². The van der Waals surface area contributed by atoms with Gasteiger partial charge >= 0.3 is 6.18 Å². The van der Waals surface area contributed by atoms with Gasteiger partial charge in [0.25, 0.3) is 0 Å². The molecule has 2 heterocycles. The molecule has 0 bridgehead atoms. The average molecular weight is 312 g/mol. The molecule has 0 unspecified atom stereocenters. The van der Waals surface area contributed by atoms with Crippen molar-refractivity contribution >= 4 is 17.2 Å². The van der Waals surface area contributed by atoms with Gasteiger partial charge in [0.05, 0.1) is 10.6 Å². The summed E-state index contributed by atoms with van der Waals surface area (Å²) in [4.78, 5) is 4.20. The van der Waals surface area contributed by atoms with Crippen LogP contribution >= 0.6 is 11.6 Å². The van der Waals surface area contributed by atoms with Crippen LogP contribution in [-0.4, -0.2) is 14.6 Å². The maximum atomic E-state index is 12.9. The van der Waals surface area contributed by atoms with Crippen molar-refractivity contribution in [3.63, 3.8) is 0 Å². The SMILES string of the molecule is FC(F)(F)c1ccccc1Cc1nc2ccc(Cl)cn2n1. The molecule has 0 fully saturated rings. The Kier molecular flexibility index (Phi) is 3.33. The topological polar surface area (TPSA) is 30.2 Å². The minimum absolute atomic E-state index is 0.00891. The maximum absolute atomic E-state index is 12.9. The normalized spacial score (nSPS) is 12.0. The highest BCUT2D eigenvalue weighted by Gasteiger charge is 2.33. The highest BCUT2D eigenvalue weighted by Crippen LogP contribution is 2.32. The molecule has 1 aromatic carbocycles. The Bertz CT molecular complexity index is 796. The first kappa shape index (κ1) is 13.9. The first-order chi connectivity index (χ1) is 9.93. The number of alkyl halides is 3. The second-order valence-corrected chi connectivity index (χ2v) is 4.95. The molecule has 0 aliphatic carbocycles. The van der Waals surface area contributed by atoms with Crippen LogP contribution in [0.2, 0.25) is 5.02 Å². The number of hydrogen-bond acceptors (Lipinski definition) is 2. The van der Waals surface area contributed by atoms with Crippen LogP contribution in [0.1, 0.15) is 17.0 Å². The fraction of sp³-hybridized carbons (Fsp3) is 0.143. The first-order valence-corrected chi connectivity index (χ1v) is 6.47. The third-order valence-electron chi connectivity index (χ3n) is 3.01. The molecule has 0 aliphatic rings. The average Bonchev–Trinajstić information content (AvgIpc) is 2.79. The van der Waals surface area contributed by atoms with Gasteiger partial charge in [-0.15, -0.1) is 0 Å². The monoisotopic (exact) mass is 311 g/mol. The van der Waals surface area contributed by atoms with E-state index in [0.717, 1.165) is 6.07 Å². The van der Waals surface area contributed by atoms with Crippen molar-refractivity contribution in [3.05, 3.63) is 64.6 Å². The van der Waals surface area contributed by atoms with Gasteiger partial charge in [-0.05, 0) is 23.8 Å². The predicted octanol–water partition coefficient (Wildman–Crippen LogP) is 3.99. The smallest absolute Gasteiger partial charge is 0.219 e. The molecule has 21 heavy (non-hydrogen) atoms. The zero-order valence-electron chi connectivity index (χ0n) is 10.6. The summed E-state index contributed by atoms with van der Waals surface area (Å²) in [6, 6.07) is 8.73. The predicted molar refractivity (Wildman–Crippen MR) is 72.2 cm³/mol. The summed E-state index contributed by atoms with van der Waals surface area (Å²) in [5.41, 5.74) is 0.0211. The Labute approximate surface area is 123 Å². The quantitative estimate of drug-likeness (QED) is 0.716. The van der Waals surface area contributed by atoms with Crippen molar-refractivity contribution in [3.8, 4) is 0 Å². The summed E-state index contributed by atoms with van der Waals surface area (Å²) in [5.74, 6) is 0.314. The molecule has 3 aromatic rings. The van der Waals surface area contributed by atoms with Crippen molar-refractivity contribution in [2.45, 2.75) is 12.6 Å². The van der Waals surface area contributed by atoms with Gasteiger partial charge in [-0.3, -0.25) is 0 Å². The minimum Gasteiger partial charge on any atom is -0.219 e. The summed E-state index contributed by atoms with van der Waals surface area (Å²) in [7, 11) is 0. The van der Waals surface area contributed by atoms with Crippen molar-refractivity contribution in [1.29, 1.82) is 0 Å². The molecule has 7 heteroatoms. The van der Waals surface area contributed by atoms with Crippen LogP contribution < -0.4 is 0 Å². The summed E-state index contributed by atoms with van der Waals surface area (Å²) in [5, 5.41) is 4.63. The number of halogens is 4. The number of nitrogens with zero attached hydrogens (tertiary/aromatic N) is 3. The fourth-order valence-electron chi connectivity index (χ4n) is 2.10. The molecular weight excluding hydrogens is 303 g/mol. The van der Waals surface area contributed by atoms with Crippen LogP contribution in [0.15, 0.2) is 42.6 Å². The van der Waals surface area contributed by atoms with E-state index in [1.807, 2.05) is 0 Å². The van der Waals surface area contributed by atoms with Gasteiger partial charge in [-0.25, -0.2) is 9.50 Å². The van der Waals surface area contributed by atoms with Crippen LogP contribution in [0.3, 0.4) is 0 Å². The maximum Gasteiger partial charge on any atom is 0.416 e. The van der Waals surface area contributed by atoms with E-state index in [9.17, 15) is 13.2 Å². The summed E-state index contributed by atoms with van der Waals surface area (Å²) < 4.78 is 40.3. The van der Waals surface area contributed by atoms with Gasteiger partial charge in [-0.1, -0.05) is 29.8 Å². The van der Waals surface area contributed by atoms with E-state index in [-0.39, 0.29) is 12.0 Å². The van der Waals surface area contributed by atoms with Crippen molar-refractivity contribution in [2.75, 3.05) is 0 Å². The number of pyridine rings is 1. The Morgan fingerprint density at radius 2 is 1.86 bits per heavy atom. The second-order valence-electron chi connectivity index (χ2n) is 4.51. The van der Waals surface area contributed by atoms with Crippen molar-refractivity contribution in [1.82, 2.24) is 14.6 Å². The van der Waals surface area contributed by atoms with Crippen LogP contribution in [0.25, 0.3) is 5.65 Å². The van der Waals surface area contributed by atoms with Crippen molar-refractivity contribution in [2.24, 2.45) is 0 Å². The van der Waals surface area contributed by atoms with Gasteiger partial charge in [-0.2, -0.15) is 18.3 Å². The zero-order valence-corrected chi connectivity index (χ0v) is 11.4. The van der Waals surface area contributed by atoms with Crippen LogP contribution in [0.4, 0.5) is 13.2 Å². The van der Waals surface area contributed by atoms with Gasteiger partial charge in [0.2, 0.25) is 0 Å². The summed E-state index contributed by atoms with van der Waals surface area (Å²) in [6.45, 7) is 0.